The van der Waals surface area contributed by atoms with Crippen LogP contribution in [0.4, 0.5) is 0 Å². The number of halogens is 1. The minimum atomic E-state index is -0.195. The number of phenols is 1. The number of nitrogens with two attached hydrogens (primary N) is 1. The van der Waals surface area contributed by atoms with Gasteiger partial charge in [-0.3, -0.25) is 4.79 Å². The van der Waals surface area contributed by atoms with Gasteiger partial charge in [0.15, 0.2) is 0 Å². The lowest BCUT2D eigenvalue weighted by Crippen LogP contribution is -2.32. The SMILES string of the molecule is CC1CN(C(=O)c2ccc(Cl)cc2O)CC1N. The Morgan fingerprint density at radius 1 is 1.53 bits per heavy atom. The summed E-state index contributed by atoms with van der Waals surface area (Å²) in [6.07, 6.45) is 0. The van der Waals surface area contributed by atoms with E-state index < -0.39 is 0 Å². The van der Waals surface area contributed by atoms with Crippen molar-refractivity contribution in [2.45, 2.75) is 13.0 Å². The highest BCUT2D eigenvalue weighted by Crippen LogP contribution is 2.25. The molecule has 1 heterocycles. The third-order valence-electron chi connectivity index (χ3n) is 3.15. The van der Waals surface area contributed by atoms with E-state index in [1.807, 2.05) is 6.92 Å². The first-order chi connectivity index (χ1) is 7.99. The molecular weight excluding hydrogens is 240 g/mol. The Labute approximate surface area is 105 Å². The maximum atomic E-state index is 12.1. The van der Waals surface area contributed by atoms with E-state index in [1.165, 1.54) is 12.1 Å². The molecule has 1 saturated heterocycles. The first-order valence-corrected chi connectivity index (χ1v) is 5.90. The summed E-state index contributed by atoms with van der Waals surface area (Å²) < 4.78 is 0. The zero-order chi connectivity index (χ0) is 12.6. The van der Waals surface area contributed by atoms with Crippen molar-refractivity contribution in [1.29, 1.82) is 0 Å². The van der Waals surface area contributed by atoms with Gasteiger partial charge in [-0.25, -0.2) is 0 Å². The monoisotopic (exact) mass is 254 g/mol. The molecule has 2 unspecified atom stereocenters. The number of carbonyl (C=O) groups excluding carboxylic acids is 1. The van der Waals surface area contributed by atoms with Gasteiger partial charge in [-0.2, -0.15) is 0 Å². The first-order valence-electron chi connectivity index (χ1n) is 5.52. The predicted molar refractivity (Wildman–Crippen MR) is 66.2 cm³/mol. The topological polar surface area (TPSA) is 66.6 Å². The Morgan fingerprint density at radius 3 is 2.76 bits per heavy atom. The second kappa shape index (κ2) is 4.55. The lowest BCUT2D eigenvalue weighted by atomic mass is 10.1. The van der Waals surface area contributed by atoms with Crippen LogP contribution in [0.2, 0.25) is 5.02 Å². The Kier molecular flexibility index (Phi) is 3.26. The lowest BCUT2D eigenvalue weighted by molar-refractivity contribution is 0.0784. The van der Waals surface area contributed by atoms with Gasteiger partial charge in [-0.1, -0.05) is 18.5 Å². The second-order valence-electron chi connectivity index (χ2n) is 4.51. The number of amides is 1. The average molecular weight is 255 g/mol. The van der Waals surface area contributed by atoms with Crippen molar-refractivity contribution in [2.24, 2.45) is 11.7 Å². The number of benzene rings is 1. The molecule has 0 aromatic heterocycles. The van der Waals surface area contributed by atoms with Crippen molar-refractivity contribution in [3.63, 3.8) is 0 Å². The molecule has 1 fully saturated rings. The van der Waals surface area contributed by atoms with Crippen molar-refractivity contribution in [2.75, 3.05) is 13.1 Å². The van der Waals surface area contributed by atoms with Crippen LogP contribution in [0.25, 0.3) is 0 Å². The van der Waals surface area contributed by atoms with Gasteiger partial charge in [0.2, 0.25) is 0 Å². The van der Waals surface area contributed by atoms with Crippen molar-refractivity contribution < 1.29 is 9.90 Å². The fraction of sp³-hybridized carbons (Fsp3) is 0.417. The number of hydrogen-bond acceptors (Lipinski definition) is 3. The zero-order valence-corrected chi connectivity index (χ0v) is 10.3. The molecule has 17 heavy (non-hydrogen) atoms. The molecule has 5 heteroatoms. The van der Waals surface area contributed by atoms with E-state index in [1.54, 1.807) is 11.0 Å². The van der Waals surface area contributed by atoms with E-state index >= 15 is 0 Å². The van der Waals surface area contributed by atoms with E-state index in [2.05, 4.69) is 0 Å². The zero-order valence-electron chi connectivity index (χ0n) is 9.56. The fourth-order valence-corrected chi connectivity index (χ4v) is 2.18. The van der Waals surface area contributed by atoms with Crippen molar-refractivity contribution in [3.8, 4) is 5.75 Å². The normalized spacial score (nSPS) is 24.1. The highest BCUT2D eigenvalue weighted by atomic mass is 35.5. The number of carbonyl (C=O) groups is 1. The maximum Gasteiger partial charge on any atom is 0.257 e. The molecule has 1 aromatic carbocycles. The summed E-state index contributed by atoms with van der Waals surface area (Å²) >= 11 is 5.72. The van der Waals surface area contributed by atoms with Crippen LogP contribution in [-0.2, 0) is 0 Å². The second-order valence-corrected chi connectivity index (χ2v) is 4.95. The van der Waals surface area contributed by atoms with Gasteiger partial charge in [-0.15, -0.1) is 0 Å². The highest BCUT2D eigenvalue weighted by Gasteiger charge is 2.31. The molecule has 1 amide bonds. The number of aromatic hydroxyl groups is 1. The molecule has 0 spiro atoms. The predicted octanol–water partition coefficient (Wildman–Crippen LogP) is 1.46. The molecular formula is C12H15ClN2O2. The molecule has 0 aliphatic carbocycles. The smallest absolute Gasteiger partial charge is 0.257 e. The molecule has 4 nitrogen and oxygen atoms in total. The third kappa shape index (κ3) is 2.37. The van der Waals surface area contributed by atoms with Crippen molar-refractivity contribution in [3.05, 3.63) is 28.8 Å². The standard InChI is InChI=1S/C12H15ClN2O2/c1-7-5-15(6-10(7)14)12(17)9-3-2-8(13)4-11(9)16/h2-4,7,10,16H,5-6,14H2,1H3. The largest absolute Gasteiger partial charge is 0.507 e. The molecule has 92 valence electrons. The van der Waals surface area contributed by atoms with Crippen LogP contribution in [0.15, 0.2) is 18.2 Å². The number of rotatable bonds is 1. The van der Waals surface area contributed by atoms with Crippen molar-refractivity contribution in [1.82, 2.24) is 4.90 Å². The van der Waals surface area contributed by atoms with Gasteiger partial charge >= 0.3 is 0 Å². The Bertz CT molecular complexity index is 440. The molecule has 2 atom stereocenters. The minimum absolute atomic E-state index is 0.00777. The van der Waals surface area contributed by atoms with Crippen LogP contribution >= 0.6 is 11.6 Å². The summed E-state index contributed by atoms with van der Waals surface area (Å²) in [5.41, 5.74) is 6.14. The summed E-state index contributed by atoms with van der Waals surface area (Å²) in [5, 5.41) is 10.1. The highest BCUT2D eigenvalue weighted by molar-refractivity contribution is 6.30. The maximum absolute atomic E-state index is 12.1. The Balaban J connectivity index is 2.20. The molecule has 3 N–H and O–H groups in total. The fourth-order valence-electron chi connectivity index (χ4n) is 2.01. The van der Waals surface area contributed by atoms with Crippen molar-refractivity contribution >= 4 is 17.5 Å². The first kappa shape index (κ1) is 12.2. The minimum Gasteiger partial charge on any atom is -0.507 e. The molecule has 1 aromatic rings. The molecule has 1 aliphatic heterocycles. The van der Waals surface area contributed by atoms with Gasteiger partial charge in [0.25, 0.3) is 5.91 Å². The molecule has 0 saturated carbocycles. The molecule has 0 radical (unpaired) electrons. The van der Waals surface area contributed by atoms with Gasteiger partial charge in [0.1, 0.15) is 5.75 Å². The van der Waals surface area contributed by atoms with Crippen LogP contribution in [0.3, 0.4) is 0 Å². The summed E-state index contributed by atoms with van der Waals surface area (Å²) in [6.45, 7) is 3.17. The third-order valence-corrected chi connectivity index (χ3v) is 3.38. The van der Waals surface area contributed by atoms with E-state index in [0.29, 0.717) is 18.1 Å². The average Bonchev–Trinajstić information content (AvgIpc) is 2.58. The van der Waals surface area contributed by atoms with Gasteiger partial charge in [0, 0.05) is 24.2 Å². The summed E-state index contributed by atoms with van der Waals surface area (Å²) in [4.78, 5) is 13.8. The number of hydrogen-bond donors (Lipinski definition) is 2. The van der Waals surface area contributed by atoms with Gasteiger partial charge in [0.05, 0.1) is 5.56 Å². The van der Waals surface area contributed by atoms with Gasteiger partial charge < -0.3 is 15.7 Å². The van der Waals surface area contributed by atoms with Crippen LogP contribution in [0, 0.1) is 5.92 Å². The van der Waals surface area contributed by atoms with E-state index in [0.717, 1.165) is 0 Å². The summed E-state index contributed by atoms with van der Waals surface area (Å²) in [5.74, 6) is 0.00276. The van der Waals surface area contributed by atoms with Crippen LogP contribution < -0.4 is 5.73 Å². The molecule has 2 rings (SSSR count). The lowest BCUT2D eigenvalue weighted by Gasteiger charge is -2.16. The molecule has 0 bridgehead atoms. The van der Waals surface area contributed by atoms with Crippen LogP contribution in [0.5, 0.6) is 5.75 Å². The van der Waals surface area contributed by atoms with E-state index in [-0.39, 0.29) is 29.2 Å². The number of phenolic OH excluding ortho intramolecular Hbond substituents is 1. The quantitative estimate of drug-likeness (QED) is 0.798. The summed E-state index contributed by atoms with van der Waals surface area (Å²) in [6, 6.07) is 4.50. The summed E-state index contributed by atoms with van der Waals surface area (Å²) in [7, 11) is 0. The van der Waals surface area contributed by atoms with Gasteiger partial charge in [-0.05, 0) is 24.1 Å². The number of nitrogens with zero attached hydrogens (tertiary/aromatic N) is 1. The Morgan fingerprint density at radius 2 is 2.24 bits per heavy atom. The number of likely N-dealkylation sites (tertiary alicyclic amines) is 1. The van der Waals surface area contributed by atoms with E-state index in [9.17, 15) is 9.90 Å². The van der Waals surface area contributed by atoms with Crippen LogP contribution in [-0.4, -0.2) is 35.0 Å². The van der Waals surface area contributed by atoms with Crippen LogP contribution in [0.1, 0.15) is 17.3 Å². The van der Waals surface area contributed by atoms with E-state index in [4.69, 9.17) is 17.3 Å². The molecule has 1 aliphatic rings. The Hall–Kier alpha value is -1.26.